The summed E-state index contributed by atoms with van der Waals surface area (Å²) in [5, 5.41) is 0. The number of hydrogen-bond acceptors (Lipinski definition) is 4. The number of methoxy groups -OCH3 is 1. The Hall–Kier alpha value is -1.17. The van der Waals surface area contributed by atoms with Crippen LogP contribution in [0.2, 0.25) is 0 Å². The summed E-state index contributed by atoms with van der Waals surface area (Å²) in [6.07, 6.45) is 0.539. The molecule has 2 unspecified atom stereocenters. The molecule has 0 fully saturated rings. The van der Waals surface area contributed by atoms with Crippen LogP contribution in [0.15, 0.2) is 18.2 Å². The monoisotopic (exact) mass is 255 g/mol. The zero-order valence-electron chi connectivity index (χ0n) is 10.4. The van der Waals surface area contributed by atoms with Gasteiger partial charge in [-0.15, -0.1) is 0 Å². The van der Waals surface area contributed by atoms with Crippen molar-refractivity contribution in [3.05, 3.63) is 29.6 Å². The summed E-state index contributed by atoms with van der Waals surface area (Å²) >= 11 is 0. The normalized spacial score (nSPS) is 22.4. The van der Waals surface area contributed by atoms with Crippen LogP contribution < -0.4 is 10.5 Å². The van der Waals surface area contributed by atoms with E-state index >= 15 is 0 Å². The molecule has 0 bridgehead atoms. The summed E-state index contributed by atoms with van der Waals surface area (Å²) in [5.74, 6) is 0.205. The minimum absolute atomic E-state index is 0.133. The number of nitrogens with two attached hydrogens (primary N) is 1. The van der Waals surface area contributed by atoms with Gasteiger partial charge in [-0.1, -0.05) is 6.07 Å². The molecule has 0 spiro atoms. The van der Waals surface area contributed by atoms with Gasteiger partial charge in [0, 0.05) is 31.2 Å². The summed E-state index contributed by atoms with van der Waals surface area (Å²) in [4.78, 5) is 0. The topological polar surface area (TPSA) is 53.7 Å². The molecule has 5 heteroatoms. The molecule has 1 aromatic rings. The van der Waals surface area contributed by atoms with Gasteiger partial charge < -0.3 is 19.9 Å². The van der Waals surface area contributed by atoms with Crippen molar-refractivity contribution < 1.29 is 18.6 Å². The first-order valence-electron chi connectivity index (χ1n) is 5.99. The molecule has 4 nitrogen and oxygen atoms in total. The lowest BCUT2D eigenvalue weighted by Gasteiger charge is -2.30. The smallest absolute Gasteiger partial charge is 0.127 e. The maximum atomic E-state index is 13.1. The van der Waals surface area contributed by atoms with Crippen molar-refractivity contribution in [1.29, 1.82) is 0 Å². The quantitative estimate of drug-likeness (QED) is 0.813. The van der Waals surface area contributed by atoms with Gasteiger partial charge in [0.15, 0.2) is 0 Å². The van der Waals surface area contributed by atoms with Crippen molar-refractivity contribution in [1.82, 2.24) is 0 Å². The second-order valence-electron chi connectivity index (χ2n) is 4.33. The predicted molar refractivity (Wildman–Crippen MR) is 65.1 cm³/mol. The fraction of sp³-hybridized carbons (Fsp3) is 0.538. The van der Waals surface area contributed by atoms with Gasteiger partial charge in [0.25, 0.3) is 0 Å². The molecule has 1 aromatic carbocycles. The number of fused-ring (bicyclic) bond motifs is 1. The molecule has 2 N–H and O–H groups in total. The van der Waals surface area contributed by atoms with E-state index in [0.29, 0.717) is 32.0 Å². The molecule has 1 aliphatic heterocycles. The molecular weight excluding hydrogens is 237 g/mol. The van der Waals surface area contributed by atoms with Gasteiger partial charge in [-0.25, -0.2) is 4.39 Å². The second kappa shape index (κ2) is 6.13. The van der Waals surface area contributed by atoms with Crippen LogP contribution in [-0.2, 0) is 9.47 Å². The average molecular weight is 255 g/mol. The Labute approximate surface area is 106 Å². The highest BCUT2D eigenvalue weighted by Gasteiger charge is 2.26. The maximum absolute atomic E-state index is 13.1. The predicted octanol–water partition coefficient (Wildman–Crippen LogP) is 1.64. The molecule has 0 saturated carbocycles. The number of rotatable bonds is 5. The molecule has 0 amide bonds. The molecular formula is C13H18FNO3. The summed E-state index contributed by atoms with van der Waals surface area (Å²) in [7, 11) is 1.62. The Morgan fingerprint density at radius 1 is 1.44 bits per heavy atom. The van der Waals surface area contributed by atoms with Crippen LogP contribution in [0, 0.1) is 5.82 Å². The van der Waals surface area contributed by atoms with Crippen molar-refractivity contribution >= 4 is 0 Å². The minimum atomic E-state index is -0.318. The van der Waals surface area contributed by atoms with E-state index in [0.717, 1.165) is 5.56 Å². The molecule has 0 saturated heterocycles. The third-order valence-corrected chi connectivity index (χ3v) is 2.92. The van der Waals surface area contributed by atoms with Crippen molar-refractivity contribution in [3.63, 3.8) is 0 Å². The highest BCUT2D eigenvalue weighted by Crippen LogP contribution is 2.33. The maximum Gasteiger partial charge on any atom is 0.127 e. The first-order chi connectivity index (χ1) is 8.70. The van der Waals surface area contributed by atoms with E-state index in [9.17, 15) is 4.39 Å². The third kappa shape index (κ3) is 3.19. The molecule has 18 heavy (non-hydrogen) atoms. The van der Waals surface area contributed by atoms with Crippen LogP contribution in [0.3, 0.4) is 0 Å². The van der Waals surface area contributed by atoms with Crippen LogP contribution in [0.5, 0.6) is 5.75 Å². The Bertz CT molecular complexity index is 400. The standard InChI is InChI=1S/C13H18FNO3/c1-16-4-5-17-8-10-7-12(15)11-3-2-9(14)6-13(11)18-10/h2-3,6,10,12H,4-5,7-8,15H2,1H3. The van der Waals surface area contributed by atoms with E-state index in [1.165, 1.54) is 12.1 Å². The van der Waals surface area contributed by atoms with Crippen molar-refractivity contribution in [2.24, 2.45) is 5.73 Å². The fourth-order valence-electron chi connectivity index (χ4n) is 2.01. The van der Waals surface area contributed by atoms with E-state index in [-0.39, 0.29) is 18.0 Å². The zero-order valence-corrected chi connectivity index (χ0v) is 10.4. The summed E-state index contributed by atoms with van der Waals surface area (Å²) in [6.45, 7) is 1.50. The largest absolute Gasteiger partial charge is 0.487 e. The number of benzene rings is 1. The number of hydrogen-bond donors (Lipinski definition) is 1. The van der Waals surface area contributed by atoms with Gasteiger partial charge in [-0.3, -0.25) is 0 Å². The zero-order chi connectivity index (χ0) is 13.0. The highest BCUT2D eigenvalue weighted by molar-refractivity contribution is 5.38. The van der Waals surface area contributed by atoms with Crippen molar-refractivity contribution in [3.8, 4) is 5.75 Å². The minimum Gasteiger partial charge on any atom is -0.487 e. The highest BCUT2D eigenvalue weighted by atomic mass is 19.1. The molecule has 2 rings (SSSR count). The summed E-state index contributed by atoms with van der Waals surface area (Å²) < 4.78 is 29.1. The van der Waals surface area contributed by atoms with Crippen LogP contribution in [0.1, 0.15) is 18.0 Å². The van der Waals surface area contributed by atoms with Crippen LogP contribution in [0.25, 0.3) is 0 Å². The van der Waals surface area contributed by atoms with Gasteiger partial charge >= 0.3 is 0 Å². The second-order valence-corrected chi connectivity index (χ2v) is 4.33. The molecule has 0 aliphatic carbocycles. The lowest BCUT2D eigenvalue weighted by atomic mass is 9.97. The Morgan fingerprint density at radius 3 is 3.06 bits per heavy atom. The van der Waals surface area contributed by atoms with E-state index in [2.05, 4.69) is 0 Å². The van der Waals surface area contributed by atoms with Crippen LogP contribution in [0.4, 0.5) is 4.39 Å². The van der Waals surface area contributed by atoms with E-state index in [4.69, 9.17) is 19.9 Å². The van der Waals surface area contributed by atoms with Crippen LogP contribution in [-0.4, -0.2) is 33.0 Å². The summed E-state index contributed by atoms with van der Waals surface area (Å²) in [5.41, 5.74) is 6.89. The van der Waals surface area contributed by atoms with E-state index in [1.54, 1.807) is 13.2 Å². The van der Waals surface area contributed by atoms with Gasteiger partial charge in [-0.05, 0) is 6.07 Å². The molecule has 2 atom stereocenters. The molecule has 100 valence electrons. The lowest BCUT2D eigenvalue weighted by molar-refractivity contribution is 0.0124. The number of ether oxygens (including phenoxy) is 3. The van der Waals surface area contributed by atoms with Crippen molar-refractivity contribution in [2.45, 2.75) is 18.6 Å². The van der Waals surface area contributed by atoms with E-state index in [1.807, 2.05) is 0 Å². The summed E-state index contributed by atoms with van der Waals surface area (Å²) in [6, 6.07) is 4.32. The first kappa shape index (κ1) is 13.3. The molecule has 0 aromatic heterocycles. The van der Waals surface area contributed by atoms with Gasteiger partial charge in [0.05, 0.1) is 19.8 Å². The van der Waals surface area contributed by atoms with Gasteiger partial charge in [-0.2, -0.15) is 0 Å². The lowest BCUT2D eigenvalue weighted by Crippen LogP contribution is -2.33. The Kier molecular flexibility index (Phi) is 4.52. The third-order valence-electron chi connectivity index (χ3n) is 2.92. The van der Waals surface area contributed by atoms with Gasteiger partial charge in [0.2, 0.25) is 0 Å². The molecule has 1 heterocycles. The fourth-order valence-corrected chi connectivity index (χ4v) is 2.01. The Balaban J connectivity index is 1.94. The van der Waals surface area contributed by atoms with Crippen LogP contribution >= 0.6 is 0 Å². The molecule has 0 radical (unpaired) electrons. The van der Waals surface area contributed by atoms with Crippen molar-refractivity contribution in [2.75, 3.05) is 26.9 Å². The molecule has 1 aliphatic rings. The Morgan fingerprint density at radius 2 is 2.28 bits per heavy atom. The number of halogens is 1. The first-order valence-corrected chi connectivity index (χ1v) is 5.99. The van der Waals surface area contributed by atoms with E-state index < -0.39 is 0 Å². The SMILES string of the molecule is COCCOCC1CC(N)c2ccc(F)cc2O1. The van der Waals surface area contributed by atoms with Gasteiger partial charge in [0.1, 0.15) is 17.7 Å². The average Bonchev–Trinajstić information content (AvgIpc) is 2.34.